The molecular weight excluding hydrogens is 432 g/mol. The summed E-state index contributed by atoms with van der Waals surface area (Å²) in [6.45, 7) is 4.84. The zero-order valence-electron chi connectivity index (χ0n) is 11.6. The lowest BCUT2D eigenvalue weighted by Gasteiger charge is -2.17. The molecule has 120 valence electrons. The maximum Gasteiger partial charge on any atom is 0.474 e. The molecule has 0 saturated heterocycles. The second kappa shape index (κ2) is 12.4. The highest BCUT2D eigenvalue weighted by molar-refractivity contribution is 14.2. The Bertz CT molecular complexity index is 427. The van der Waals surface area contributed by atoms with E-state index in [0.717, 1.165) is 0 Å². The van der Waals surface area contributed by atoms with E-state index in [1.807, 2.05) is 6.07 Å². The van der Waals surface area contributed by atoms with Crippen molar-refractivity contribution < 1.29 is 27.7 Å². The van der Waals surface area contributed by atoms with Crippen molar-refractivity contribution in [1.29, 1.82) is 5.26 Å². The molecule has 0 heterocycles. The molecule has 0 rings (SSSR count). The molecule has 0 bridgehead atoms. The molecule has 1 atom stereocenters. The molecule has 0 aromatic carbocycles. The number of hydrogen-bond donors (Lipinski definition) is 0. The Kier molecular flexibility index (Phi) is 12.4. The van der Waals surface area contributed by atoms with Gasteiger partial charge in [-0.05, 0) is 28.1 Å². The molecule has 0 fully saturated rings. The van der Waals surface area contributed by atoms with E-state index in [9.17, 15) is 9.36 Å². The van der Waals surface area contributed by atoms with Gasteiger partial charge in [-0.1, -0.05) is 15.5 Å². The van der Waals surface area contributed by atoms with Crippen LogP contribution in [0.25, 0.3) is 0 Å². The summed E-state index contributed by atoms with van der Waals surface area (Å²) < 4.78 is 32.1. The molecule has 0 aliphatic carbocycles. The standard InChI is InChI=1S/C11H17INO6PS/c1-10(2)11(14)16-6-7-18-20(15,17-5-3-4-13)19-8-9-21-12/h1,3,5-9H2,2H3. The largest absolute Gasteiger partial charge is 0.474 e. The van der Waals surface area contributed by atoms with Crippen LogP contribution in [-0.4, -0.2) is 38.1 Å². The second-order valence-electron chi connectivity index (χ2n) is 3.58. The van der Waals surface area contributed by atoms with Crippen molar-refractivity contribution in [3.05, 3.63) is 12.2 Å². The van der Waals surface area contributed by atoms with E-state index < -0.39 is 13.8 Å². The van der Waals surface area contributed by atoms with Gasteiger partial charge in [-0.25, -0.2) is 9.36 Å². The molecule has 0 saturated carbocycles. The minimum Gasteiger partial charge on any atom is -0.460 e. The lowest BCUT2D eigenvalue weighted by atomic mass is 10.4. The number of phosphoric acid groups is 1. The molecule has 0 spiro atoms. The highest BCUT2D eigenvalue weighted by Crippen LogP contribution is 2.49. The van der Waals surface area contributed by atoms with Gasteiger partial charge < -0.3 is 4.74 Å². The van der Waals surface area contributed by atoms with Gasteiger partial charge in [0.05, 0.1) is 32.3 Å². The van der Waals surface area contributed by atoms with Gasteiger partial charge in [-0.15, -0.1) is 0 Å². The average Bonchev–Trinajstić information content (AvgIpc) is 2.44. The number of carbonyl (C=O) groups excluding carboxylic acids is 1. The van der Waals surface area contributed by atoms with E-state index in [-0.39, 0.29) is 38.4 Å². The van der Waals surface area contributed by atoms with Gasteiger partial charge in [0, 0.05) is 11.3 Å². The van der Waals surface area contributed by atoms with Crippen molar-refractivity contribution >= 4 is 43.9 Å². The summed E-state index contributed by atoms with van der Waals surface area (Å²) in [5.41, 5.74) is 0.263. The predicted molar refractivity (Wildman–Crippen MR) is 87.9 cm³/mol. The van der Waals surface area contributed by atoms with Crippen molar-refractivity contribution in [2.45, 2.75) is 13.3 Å². The molecule has 0 aromatic heterocycles. The van der Waals surface area contributed by atoms with Gasteiger partial charge >= 0.3 is 13.8 Å². The zero-order chi connectivity index (χ0) is 16.1. The summed E-state index contributed by atoms with van der Waals surface area (Å²) in [6, 6.07) is 1.86. The molecule has 0 radical (unpaired) electrons. The number of nitriles is 1. The number of hydrogen-bond acceptors (Lipinski definition) is 8. The number of ether oxygens (including phenoxy) is 1. The Morgan fingerprint density at radius 1 is 1.29 bits per heavy atom. The number of rotatable bonds is 12. The monoisotopic (exact) mass is 449 g/mol. The van der Waals surface area contributed by atoms with Gasteiger partial charge in [0.25, 0.3) is 0 Å². The van der Waals surface area contributed by atoms with Crippen LogP contribution in [0.3, 0.4) is 0 Å². The number of phosphoric ester groups is 1. The fourth-order valence-corrected chi connectivity index (χ4v) is 2.86. The van der Waals surface area contributed by atoms with Crippen LogP contribution in [0.5, 0.6) is 0 Å². The van der Waals surface area contributed by atoms with E-state index in [4.69, 9.17) is 23.6 Å². The van der Waals surface area contributed by atoms with Gasteiger partial charge in [0.15, 0.2) is 0 Å². The molecule has 0 N–H and O–H groups in total. The van der Waals surface area contributed by atoms with E-state index in [0.29, 0.717) is 5.75 Å². The smallest absolute Gasteiger partial charge is 0.460 e. The van der Waals surface area contributed by atoms with Crippen LogP contribution >= 0.6 is 38.0 Å². The van der Waals surface area contributed by atoms with Crippen molar-refractivity contribution in [2.24, 2.45) is 0 Å². The normalized spacial score (nSPS) is 13.2. The molecule has 7 nitrogen and oxygen atoms in total. The van der Waals surface area contributed by atoms with Crippen molar-refractivity contribution in [2.75, 3.05) is 32.2 Å². The van der Waals surface area contributed by atoms with Gasteiger partial charge in [0.1, 0.15) is 6.61 Å². The maximum absolute atomic E-state index is 12.2. The Balaban J connectivity index is 4.20. The van der Waals surface area contributed by atoms with Gasteiger partial charge in [-0.2, -0.15) is 5.26 Å². The van der Waals surface area contributed by atoms with Crippen LogP contribution in [0.2, 0.25) is 0 Å². The van der Waals surface area contributed by atoms with E-state index in [1.54, 1.807) is 0 Å². The van der Waals surface area contributed by atoms with Crippen LogP contribution < -0.4 is 0 Å². The van der Waals surface area contributed by atoms with Crippen LogP contribution in [0.4, 0.5) is 0 Å². The number of halogens is 1. The fraction of sp³-hybridized carbons (Fsp3) is 0.636. The number of esters is 1. The molecular formula is C11H17INO6PS. The number of nitrogens with zero attached hydrogens (tertiary/aromatic N) is 1. The topological polar surface area (TPSA) is 94.9 Å². The van der Waals surface area contributed by atoms with E-state index >= 15 is 0 Å². The fourth-order valence-electron chi connectivity index (χ4n) is 0.902. The van der Waals surface area contributed by atoms with Crippen LogP contribution in [0.15, 0.2) is 12.2 Å². The number of carbonyl (C=O) groups is 1. The molecule has 0 aliphatic rings. The second-order valence-corrected chi connectivity index (χ2v) is 7.75. The Labute approximate surface area is 140 Å². The first kappa shape index (κ1) is 20.9. The van der Waals surface area contributed by atoms with Gasteiger partial charge in [0.2, 0.25) is 0 Å². The third-order valence-electron chi connectivity index (χ3n) is 1.79. The summed E-state index contributed by atoms with van der Waals surface area (Å²) in [4.78, 5) is 11.1. The third-order valence-corrected chi connectivity index (χ3v) is 4.93. The summed E-state index contributed by atoms with van der Waals surface area (Å²) >= 11 is 2.08. The maximum atomic E-state index is 12.2. The van der Waals surface area contributed by atoms with Crippen LogP contribution in [0, 0.1) is 11.3 Å². The van der Waals surface area contributed by atoms with Crippen molar-refractivity contribution in [1.82, 2.24) is 0 Å². The predicted octanol–water partition coefficient (Wildman–Crippen LogP) is 3.26. The zero-order valence-corrected chi connectivity index (χ0v) is 15.4. The van der Waals surface area contributed by atoms with Crippen molar-refractivity contribution in [3.8, 4) is 6.07 Å². The molecule has 0 aliphatic heterocycles. The summed E-state index contributed by atoms with van der Waals surface area (Å²) in [7, 11) is -2.26. The van der Waals surface area contributed by atoms with Crippen LogP contribution in [-0.2, 0) is 27.7 Å². The lowest BCUT2D eigenvalue weighted by molar-refractivity contribution is -0.139. The summed E-state index contributed by atoms with van der Waals surface area (Å²) in [6.07, 6.45) is 0.0718. The van der Waals surface area contributed by atoms with E-state index in [2.05, 4.69) is 27.8 Å². The van der Waals surface area contributed by atoms with Crippen LogP contribution in [0.1, 0.15) is 13.3 Å². The molecule has 1 unspecified atom stereocenters. The molecule has 10 heteroatoms. The third kappa shape index (κ3) is 11.2. The molecule has 0 aromatic rings. The highest BCUT2D eigenvalue weighted by atomic mass is 127. The first-order valence-electron chi connectivity index (χ1n) is 5.92. The summed E-state index contributed by atoms with van der Waals surface area (Å²) in [5.74, 6) is 0.0567. The Hall–Kier alpha value is -0.110. The Morgan fingerprint density at radius 3 is 2.48 bits per heavy atom. The average molecular weight is 449 g/mol. The first-order valence-corrected chi connectivity index (χ1v) is 10.9. The van der Waals surface area contributed by atoms with Crippen molar-refractivity contribution in [3.63, 3.8) is 0 Å². The first-order chi connectivity index (χ1) is 9.95. The Morgan fingerprint density at radius 2 is 1.90 bits per heavy atom. The lowest BCUT2D eigenvalue weighted by Crippen LogP contribution is -2.12. The van der Waals surface area contributed by atoms with Gasteiger partial charge in [-0.3, -0.25) is 13.6 Å². The quantitative estimate of drug-likeness (QED) is 0.147. The highest BCUT2D eigenvalue weighted by Gasteiger charge is 2.26. The molecule has 0 amide bonds. The van der Waals surface area contributed by atoms with E-state index in [1.165, 1.54) is 15.9 Å². The minimum absolute atomic E-state index is 0.0588. The molecule has 21 heavy (non-hydrogen) atoms. The summed E-state index contributed by atoms with van der Waals surface area (Å²) in [5, 5.41) is 8.43. The SMILES string of the molecule is C=C(C)C(=O)OCCOP(=O)(OCCC#N)OCCSI. The minimum atomic E-state index is -3.74.